The van der Waals surface area contributed by atoms with Crippen molar-refractivity contribution in [3.63, 3.8) is 0 Å². The van der Waals surface area contributed by atoms with E-state index in [-0.39, 0.29) is 0 Å². The van der Waals surface area contributed by atoms with Crippen LogP contribution in [0.3, 0.4) is 0 Å². The highest BCUT2D eigenvalue weighted by molar-refractivity contribution is 7.21. The minimum Gasteiger partial charge on any atom is -0.399 e. The van der Waals surface area contributed by atoms with Crippen molar-refractivity contribution in [1.82, 2.24) is 0 Å². The highest BCUT2D eigenvalue weighted by Crippen LogP contribution is 2.35. The van der Waals surface area contributed by atoms with Crippen molar-refractivity contribution in [1.29, 1.82) is 0 Å². The summed E-state index contributed by atoms with van der Waals surface area (Å²) < 4.78 is 0.987. The highest BCUT2D eigenvalue weighted by Gasteiger charge is 2.08. The minimum atomic E-state index is 0.502. The Kier molecular flexibility index (Phi) is 1.98. The summed E-state index contributed by atoms with van der Waals surface area (Å²) in [5.41, 5.74) is 6.26. The largest absolute Gasteiger partial charge is 0.399 e. The molecule has 0 unspecified atom stereocenters. The van der Waals surface area contributed by atoms with Crippen molar-refractivity contribution >= 4 is 45.0 Å². The molecule has 1 heterocycles. The lowest BCUT2D eigenvalue weighted by molar-refractivity contribution is 0.112. The summed E-state index contributed by atoms with van der Waals surface area (Å²) in [6, 6.07) is 5.44. The number of aldehydes is 1. The van der Waals surface area contributed by atoms with Crippen molar-refractivity contribution in [2.45, 2.75) is 0 Å². The second kappa shape index (κ2) is 3.01. The lowest BCUT2D eigenvalue weighted by Gasteiger charge is -1.92. The molecule has 0 atom stereocenters. The normalized spacial score (nSPS) is 10.5. The molecule has 0 saturated carbocycles. The number of carbonyl (C=O) groups excluding carboxylic acids is 1. The molecular formula is C9H6ClNOS. The van der Waals surface area contributed by atoms with Crippen LogP contribution in [0.2, 0.25) is 5.02 Å². The van der Waals surface area contributed by atoms with E-state index in [4.69, 9.17) is 17.3 Å². The first-order valence-corrected chi connectivity index (χ1v) is 4.84. The van der Waals surface area contributed by atoms with E-state index in [1.54, 1.807) is 12.1 Å². The van der Waals surface area contributed by atoms with Crippen LogP contribution >= 0.6 is 22.9 Å². The molecule has 0 bridgehead atoms. The molecule has 66 valence electrons. The molecule has 0 fully saturated rings. The Morgan fingerprint density at radius 1 is 1.46 bits per heavy atom. The molecule has 0 amide bonds. The van der Waals surface area contributed by atoms with Crippen LogP contribution in [0.25, 0.3) is 10.1 Å². The fourth-order valence-corrected chi connectivity index (χ4v) is 2.44. The number of hydrogen-bond donors (Lipinski definition) is 1. The van der Waals surface area contributed by atoms with Crippen LogP contribution in [0.15, 0.2) is 18.2 Å². The number of rotatable bonds is 1. The molecule has 1 aromatic carbocycles. The zero-order valence-corrected chi connectivity index (χ0v) is 8.15. The minimum absolute atomic E-state index is 0.502. The molecule has 0 aliphatic rings. The van der Waals surface area contributed by atoms with E-state index in [0.717, 1.165) is 16.4 Å². The topological polar surface area (TPSA) is 43.1 Å². The predicted octanol–water partition coefficient (Wildman–Crippen LogP) is 2.95. The van der Waals surface area contributed by atoms with E-state index in [2.05, 4.69) is 0 Å². The van der Waals surface area contributed by atoms with E-state index < -0.39 is 0 Å². The van der Waals surface area contributed by atoms with Crippen molar-refractivity contribution in [2.75, 3.05) is 5.73 Å². The van der Waals surface area contributed by atoms with Crippen LogP contribution in [-0.4, -0.2) is 6.29 Å². The van der Waals surface area contributed by atoms with Crippen molar-refractivity contribution in [3.8, 4) is 0 Å². The molecule has 13 heavy (non-hydrogen) atoms. The van der Waals surface area contributed by atoms with E-state index in [0.29, 0.717) is 15.6 Å². The van der Waals surface area contributed by atoms with Crippen molar-refractivity contribution in [2.24, 2.45) is 0 Å². The molecule has 0 aliphatic carbocycles. The summed E-state index contributed by atoms with van der Waals surface area (Å²) in [6.45, 7) is 0. The quantitative estimate of drug-likeness (QED) is 0.582. The summed E-state index contributed by atoms with van der Waals surface area (Å²) in [4.78, 5) is 11.1. The molecule has 2 aromatic rings. The number of carbonyl (C=O) groups is 1. The van der Waals surface area contributed by atoms with Gasteiger partial charge >= 0.3 is 0 Å². The summed E-state index contributed by atoms with van der Waals surface area (Å²) in [7, 11) is 0. The first-order valence-electron chi connectivity index (χ1n) is 3.65. The molecule has 0 spiro atoms. The molecule has 0 saturated heterocycles. The third-order valence-electron chi connectivity index (χ3n) is 1.78. The van der Waals surface area contributed by atoms with Crippen LogP contribution < -0.4 is 5.73 Å². The zero-order chi connectivity index (χ0) is 9.42. The number of benzene rings is 1. The molecule has 2 N–H and O–H groups in total. The fourth-order valence-electron chi connectivity index (χ4n) is 1.18. The number of fused-ring (bicyclic) bond motifs is 1. The Hall–Kier alpha value is -1.06. The van der Waals surface area contributed by atoms with E-state index in [9.17, 15) is 4.79 Å². The summed E-state index contributed by atoms with van der Waals surface area (Å²) in [6.07, 6.45) is 0.767. The summed E-state index contributed by atoms with van der Waals surface area (Å²) in [5.74, 6) is 0. The van der Waals surface area contributed by atoms with Gasteiger partial charge in [0.25, 0.3) is 0 Å². The maximum atomic E-state index is 10.6. The predicted molar refractivity (Wildman–Crippen MR) is 56.6 cm³/mol. The molecule has 0 radical (unpaired) electrons. The van der Waals surface area contributed by atoms with E-state index in [1.807, 2.05) is 6.07 Å². The van der Waals surface area contributed by atoms with Gasteiger partial charge in [-0.05, 0) is 18.2 Å². The number of thiophene rings is 1. The average Bonchev–Trinajstić information content (AvgIpc) is 2.44. The Labute approximate surface area is 83.9 Å². The molecule has 2 nitrogen and oxygen atoms in total. The second-order valence-corrected chi connectivity index (χ2v) is 4.12. The van der Waals surface area contributed by atoms with Gasteiger partial charge in [0.1, 0.15) is 0 Å². The molecule has 4 heteroatoms. The van der Waals surface area contributed by atoms with Gasteiger partial charge in [-0.25, -0.2) is 0 Å². The third-order valence-corrected chi connectivity index (χ3v) is 3.40. The van der Waals surface area contributed by atoms with E-state index >= 15 is 0 Å². The van der Waals surface area contributed by atoms with Crippen LogP contribution in [0, 0.1) is 0 Å². The summed E-state index contributed by atoms with van der Waals surface area (Å²) in [5, 5.41) is 1.36. The molecular weight excluding hydrogens is 206 g/mol. The van der Waals surface area contributed by atoms with Crippen LogP contribution in [0.5, 0.6) is 0 Å². The van der Waals surface area contributed by atoms with Gasteiger partial charge in [0.2, 0.25) is 0 Å². The van der Waals surface area contributed by atoms with Crippen LogP contribution in [0.1, 0.15) is 9.67 Å². The lowest BCUT2D eigenvalue weighted by atomic mass is 10.2. The zero-order valence-electron chi connectivity index (χ0n) is 6.58. The second-order valence-electron chi connectivity index (χ2n) is 2.65. The number of halogens is 1. The lowest BCUT2D eigenvalue weighted by Crippen LogP contribution is -1.81. The van der Waals surface area contributed by atoms with Gasteiger partial charge < -0.3 is 5.73 Å². The number of nitrogen functional groups attached to an aromatic ring is 1. The first-order chi connectivity index (χ1) is 6.22. The molecule has 0 aliphatic heterocycles. The fraction of sp³-hybridized carbons (Fsp3) is 0. The summed E-state index contributed by atoms with van der Waals surface area (Å²) >= 11 is 7.33. The standard InChI is InChI=1S/C9H6ClNOS/c10-9-6-3-5(11)1-2-7(6)13-8(9)4-12/h1-4H,11H2. The molecule has 1 aromatic heterocycles. The van der Waals surface area contributed by atoms with Crippen molar-refractivity contribution in [3.05, 3.63) is 28.1 Å². The smallest absolute Gasteiger partial charge is 0.161 e. The van der Waals surface area contributed by atoms with Crippen LogP contribution in [-0.2, 0) is 0 Å². The third kappa shape index (κ3) is 1.30. The van der Waals surface area contributed by atoms with Gasteiger partial charge in [0.15, 0.2) is 6.29 Å². The first kappa shape index (κ1) is 8.53. The van der Waals surface area contributed by atoms with Gasteiger partial charge in [-0.15, -0.1) is 11.3 Å². The Balaban J connectivity index is 2.84. The van der Waals surface area contributed by atoms with Gasteiger partial charge in [-0.2, -0.15) is 0 Å². The Morgan fingerprint density at radius 2 is 2.23 bits per heavy atom. The SMILES string of the molecule is Nc1ccc2sc(C=O)c(Cl)c2c1. The van der Waals surface area contributed by atoms with Gasteiger partial charge in [-0.3, -0.25) is 4.79 Å². The maximum Gasteiger partial charge on any atom is 0.161 e. The van der Waals surface area contributed by atoms with Gasteiger partial charge in [-0.1, -0.05) is 11.6 Å². The highest BCUT2D eigenvalue weighted by atomic mass is 35.5. The van der Waals surface area contributed by atoms with E-state index in [1.165, 1.54) is 11.3 Å². The average molecular weight is 212 g/mol. The van der Waals surface area contributed by atoms with Gasteiger partial charge in [0, 0.05) is 15.8 Å². The monoisotopic (exact) mass is 211 g/mol. The Morgan fingerprint density at radius 3 is 2.92 bits per heavy atom. The maximum absolute atomic E-state index is 10.6. The number of anilines is 1. The number of hydrogen-bond acceptors (Lipinski definition) is 3. The van der Waals surface area contributed by atoms with Crippen LogP contribution in [0.4, 0.5) is 5.69 Å². The number of nitrogens with two attached hydrogens (primary N) is 1. The van der Waals surface area contributed by atoms with Crippen molar-refractivity contribution < 1.29 is 4.79 Å². The molecule has 2 rings (SSSR count). The van der Waals surface area contributed by atoms with Gasteiger partial charge in [0.05, 0.1) is 9.90 Å². The Bertz CT molecular complexity index is 478.